The summed E-state index contributed by atoms with van der Waals surface area (Å²) in [6, 6.07) is 8.98. The maximum Gasteiger partial charge on any atom is 0.366 e. The summed E-state index contributed by atoms with van der Waals surface area (Å²) >= 11 is 0. The molecule has 1 heterocycles. The summed E-state index contributed by atoms with van der Waals surface area (Å²) in [6.07, 6.45) is 0. The topological polar surface area (TPSA) is 59.3 Å². The van der Waals surface area contributed by atoms with Crippen molar-refractivity contribution in [3.8, 4) is 0 Å². The summed E-state index contributed by atoms with van der Waals surface area (Å²) in [4.78, 5) is 16.1. The van der Waals surface area contributed by atoms with Crippen LogP contribution in [-0.4, -0.2) is 24.0 Å². The molecule has 82 valence electrons. The van der Waals surface area contributed by atoms with E-state index in [1.165, 1.54) is 6.07 Å². The molecule has 0 amide bonds. The summed E-state index contributed by atoms with van der Waals surface area (Å²) in [7, 11) is 3.64. The van der Waals surface area contributed by atoms with E-state index in [9.17, 15) is 10.1 Å². The zero-order chi connectivity index (χ0) is 11.7. The molecule has 0 saturated carbocycles. The quantitative estimate of drug-likeness (QED) is 0.571. The van der Waals surface area contributed by atoms with E-state index in [1.807, 2.05) is 38.4 Å². The van der Waals surface area contributed by atoms with Crippen molar-refractivity contribution in [2.24, 2.45) is 0 Å². The molecule has 5 heteroatoms. The SMILES string of the molecule is CN(C)c1nc([N+](=O)[O-])cc2ccccc12. The average Bonchev–Trinajstić information content (AvgIpc) is 2.27. The van der Waals surface area contributed by atoms with Crippen molar-refractivity contribution < 1.29 is 4.92 Å². The maximum absolute atomic E-state index is 10.7. The molecule has 2 rings (SSSR count). The van der Waals surface area contributed by atoms with Crippen LogP contribution in [-0.2, 0) is 0 Å². The third-order valence-corrected chi connectivity index (χ3v) is 2.32. The number of rotatable bonds is 2. The molecule has 1 aromatic carbocycles. The molecule has 0 unspecified atom stereocenters. The lowest BCUT2D eigenvalue weighted by molar-refractivity contribution is -0.389. The van der Waals surface area contributed by atoms with E-state index in [0.29, 0.717) is 5.82 Å². The van der Waals surface area contributed by atoms with Gasteiger partial charge >= 0.3 is 5.82 Å². The fraction of sp³-hybridized carbons (Fsp3) is 0.182. The summed E-state index contributed by atoms with van der Waals surface area (Å²) in [6.45, 7) is 0. The first kappa shape index (κ1) is 10.4. The van der Waals surface area contributed by atoms with Crippen molar-refractivity contribution in [2.75, 3.05) is 19.0 Å². The predicted molar refractivity (Wildman–Crippen MR) is 62.7 cm³/mol. The van der Waals surface area contributed by atoms with Gasteiger partial charge in [0.2, 0.25) is 0 Å². The van der Waals surface area contributed by atoms with E-state index < -0.39 is 4.92 Å². The fourth-order valence-electron chi connectivity index (χ4n) is 1.60. The van der Waals surface area contributed by atoms with Gasteiger partial charge in [0, 0.05) is 20.2 Å². The number of hydrogen-bond acceptors (Lipinski definition) is 4. The number of fused-ring (bicyclic) bond motifs is 1. The van der Waals surface area contributed by atoms with Crippen LogP contribution in [0.2, 0.25) is 0 Å². The first-order valence-corrected chi connectivity index (χ1v) is 4.81. The van der Waals surface area contributed by atoms with Gasteiger partial charge in [-0.3, -0.25) is 0 Å². The normalized spacial score (nSPS) is 10.4. The lowest BCUT2D eigenvalue weighted by Crippen LogP contribution is -2.12. The zero-order valence-corrected chi connectivity index (χ0v) is 9.04. The van der Waals surface area contributed by atoms with Gasteiger partial charge < -0.3 is 15.0 Å². The Labute approximate surface area is 92.5 Å². The van der Waals surface area contributed by atoms with Gasteiger partial charge in [0.05, 0.1) is 5.39 Å². The summed E-state index contributed by atoms with van der Waals surface area (Å²) in [5.41, 5.74) is 0. The molecule has 0 spiro atoms. The minimum atomic E-state index is -0.473. The number of anilines is 1. The van der Waals surface area contributed by atoms with Crippen molar-refractivity contribution in [1.29, 1.82) is 0 Å². The van der Waals surface area contributed by atoms with Crippen molar-refractivity contribution in [3.63, 3.8) is 0 Å². The van der Waals surface area contributed by atoms with E-state index in [0.717, 1.165) is 10.8 Å². The van der Waals surface area contributed by atoms with E-state index in [-0.39, 0.29) is 5.82 Å². The van der Waals surface area contributed by atoms with Gasteiger partial charge in [-0.25, -0.2) is 0 Å². The first-order valence-electron chi connectivity index (χ1n) is 4.81. The Morgan fingerprint density at radius 3 is 2.62 bits per heavy atom. The van der Waals surface area contributed by atoms with Crippen LogP contribution < -0.4 is 4.90 Å². The third-order valence-electron chi connectivity index (χ3n) is 2.32. The molecule has 0 bridgehead atoms. The van der Waals surface area contributed by atoms with Gasteiger partial charge in [-0.15, -0.1) is 0 Å². The summed E-state index contributed by atoms with van der Waals surface area (Å²) < 4.78 is 0. The van der Waals surface area contributed by atoms with Crippen LogP contribution in [0.3, 0.4) is 0 Å². The smallest absolute Gasteiger partial charge is 0.358 e. The molecule has 2 aromatic rings. The fourth-order valence-corrected chi connectivity index (χ4v) is 1.60. The minimum absolute atomic E-state index is 0.123. The molecule has 0 radical (unpaired) electrons. The Bertz CT molecular complexity index is 552. The molecule has 5 nitrogen and oxygen atoms in total. The number of hydrogen-bond donors (Lipinski definition) is 0. The zero-order valence-electron chi connectivity index (χ0n) is 9.04. The molecule has 0 N–H and O–H groups in total. The lowest BCUT2D eigenvalue weighted by Gasteiger charge is -2.09. The van der Waals surface area contributed by atoms with Gasteiger partial charge in [-0.1, -0.05) is 18.2 Å². The molecular formula is C11H11N3O2. The largest absolute Gasteiger partial charge is 0.366 e. The molecular weight excluding hydrogens is 206 g/mol. The molecule has 0 atom stereocenters. The third kappa shape index (κ3) is 1.67. The Balaban J connectivity index is 2.78. The molecule has 0 fully saturated rings. The number of benzene rings is 1. The first-order chi connectivity index (χ1) is 7.59. The molecule has 0 aliphatic heterocycles. The van der Waals surface area contributed by atoms with E-state index in [1.54, 1.807) is 4.90 Å². The lowest BCUT2D eigenvalue weighted by atomic mass is 10.1. The van der Waals surface area contributed by atoms with Crippen molar-refractivity contribution in [1.82, 2.24) is 4.98 Å². The highest BCUT2D eigenvalue weighted by Crippen LogP contribution is 2.26. The molecule has 1 aromatic heterocycles. The van der Waals surface area contributed by atoms with Crippen LogP contribution in [0.5, 0.6) is 0 Å². The van der Waals surface area contributed by atoms with Crippen LogP contribution in [0.4, 0.5) is 11.6 Å². The van der Waals surface area contributed by atoms with E-state index in [4.69, 9.17) is 0 Å². The van der Waals surface area contributed by atoms with Gasteiger partial charge in [-0.2, -0.15) is 0 Å². The van der Waals surface area contributed by atoms with Crippen LogP contribution in [0.15, 0.2) is 30.3 Å². The average molecular weight is 217 g/mol. The number of aromatic nitrogens is 1. The van der Waals surface area contributed by atoms with Crippen LogP contribution in [0.25, 0.3) is 10.8 Å². The summed E-state index contributed by atoms with van der Waals surface area (Å²) in [5.74, 6) is 0.493. The minimum Gasteiger partial charge on any atom is -0.358 e. The van der Waals surface area contributed by atoms with Crippen molar-refractivity contribution in [3.05, 3.63) is 40.4 Å². The highest BCUT2D eigenvalue weighted by molar-refractivity contribution is 5.93. The predicted octanol–water partition coefficient (Wildman–Crippen LogP) is 2.21. The Hall–Kier alpha value is -2.17. The van der Waals surface area contributed by atoms with Gasteiger partial charge in [0.25, 0.3) is 5.82 Å². The Morgan fingerprint density at radius 1 is 1.31 bits per heavy atom. The second-order valence-corrected chi connectivity index (χ2v) is 3.68. The van der Waals surface area contributed by atoms with Crippen LogP contribution >= 0.6 is 0 Å². The van der Waals surface area contributed by atoms with Crippen molar-refractivity contribution in [2.45, 2.75) is 0 Å². The summed E-state index contributed by atoms with van der Waals surface area (Å²) in [5, 5.41) is 12.5. The van der Waals surface area contributed by atoms with Gasteiger partial charge in [-0.05, 0) is 21.4 Å². The Kier molecular flexibility index (Phi) is 2.44. The Morgan fingerprint density at radius 2 is 2.00 bits per heavy atom. The number of pyridine rings is 1. The molecule has 0 aliphatic carbocycles. The van der Waals surface area contributed by atoms with Crippen molar-refractivity contribution >= 4 is 22.4 Å². The standard InChI is InChI=1S/C11H11N3O2/c1-13(2)11-9-6-4-3-5-8(9)7-10(12-11)14(15)16/h3-7H,1-2H3. The van der Waals surface area contributed by atoms with Gasteiger partial charge in [0.1, 0.15) is 0 Å². The second-order valence-electron chi connectivity index (χ2n) is 3.68. The molecule has 16 heavy (non-hydrogen) atoms. The number of nitro groups is 1. The highest BCUT2D eigenvalue weighted by atomic mass is 16.6. The van der Waals surface area contributed by atoms with Crippen LogP contribution in [0.1, 0.15) is 0 Å². The maximum atomic E-state index is 10.7. The second kappa shape index (κ2) is 3.77. The number of nitrogens with zero attached hydrogens (tertiary/aromatic N) is 3. The van der Waals surface area contributed by atoms with Gasteiger partial charge in [0.15, 0.2) is 0 Å². The highest BCUT2D eigenvalue weighted by Gasteiger charge is 2.16. The van der Waals surface area contributed by atoms with Crippen LogP contribution in [0, 0.1) is 10.1 Å². The molecule has 0 aliphatic rings. The van der Waals surface area contributed by atoms with E-state index >= 15 is 0 Å². The van der Waals surface area contributed by atoms with E-state index in [2.05, 4.69) is 4.98 Å². The monoisotopic (exact) mass is 217 g/mol. The molecule has 0 saturated heterocycles.